The van der Waals surface area contributed by atoms with Crippen LogP contribution in [0.4, 0.5) is 14.7 Å². The number of benzene rings is 2. The summed E-state index contributed by atoms with van der Waals surface area (Å²) in [6, 6.07) is 12.7. The molecule has 0 saturated carbocycles. The molecule has 0 fully saturated rings. The van der Waals surface area contributed by atoms with Gasteiger partial charge in [-0.2, -0.15) is 4.98 Å². The predicted molar refractivity (Wildman–Crippen MR) is 114 cm³/mol. The SMILES string of the molecule is Cc1ccc(-c2ccn3nc(N)nc3c2)c(F)c1OCCC[C@@H](O)c1ccc(F)cc1. The Kier molecular flexibility index (Phi) is 5.81. The van der Waals surface area contributed by atoms with Gasteiger partial charge in [0, 0.05) is 11.8 Å². The Morgan fingerprint density at radius 3 is 2.68 bits per heavy atom. The molecule has 2 heterocycles. The van der Waals surface area contributed by atoms with E-state index in [9.17, 15) is 9.50 Å². The van der Waals surface area contributed by atoms with Crippen molar-refractivity contribution in [1.29, 1.82) is 0 Å². The number of pyridine rings is 1. The van der Waals surface area contributed by atoms with E-state index < -0.39 is 11.9 Å². The predicted octanol–water partition coefficient (Wildman–Crippen LogP) is 4.46. The average Bonchev–Trinajstić information content (AvgIpc) is 3.12. The second-order valence-electron chi connectivity index (χ2n) is 7.32. The number of hydrogen-bond donors (Lipinski definition) is 2. The number of rotatable bonds is 7. The normalized spacial score (nSPS) is 12.3. The van der Waals surface area contributed by atoms with Crippen LogP contribution in [0, 0.1) is 18.6 Å². The van der Waals surface area contributed by atoms with Gasteiger partial charge in [0.2, 0.25) is 5.95 Å². The molecule has 4 aromatic rings. The third kappa shape index (κ3) is 4.49. The summed E-state index contributed by atoms with van der Waals surface area (Å²) in [5.74, 6) is -0.490. The first-order valence-electron chi connectivity index (χ1n) is 9.90. The van der Waals surface area contributed by atoms with Gasteiger partial charge in [0.25, 0.3) is 0 Å². The molecule has 3 N–H and O–H groups in total. The number of aliphatic hydroxyl groups is 1. The van der Waals surface area contributed by atoms with Crippen LogP contribution >= 0.6 is 0 Å². The summed E-state index contributed by atoms with van der Waals surface area (Å²) in [6.07, 6.45) is 1.86. The maximum atomic E-state index is 15.2. The Morgan fingerprint density at radius 2 is 1.90 bits per heavy atom. The third-order valence-electron chi connectivity index (χ3n) is 5.08. The summed E-state index contributed by atoms with van der Waals surface area (Å²) in [7, 11) is 0. The number of nitrogens with two attached hydrogens (primary N) is 1. The van der Waals surface area contributed by atoms with Gasteiger partial charge in [-0.1, -0.05) is 24.3 Å². The van der Waals surface area contributed by atoms with Crippen molar-refractivity contribution in [3.8, 4) is 16.9 Å². The molecule has 8 heteroatoms. The van der Waals surface area contributed by atoms with Crippen LogP contribution in [0.1, 0.15) is 30.1 Å². The number of nitrogen functional groups attached to an aromatic ring is 1. The molecule has 0 aliphatic heterocycles. The molecule has 0 amide bonds. The van der Waals surface area contributed by atoms with Crippen molar-refractivity contribution in [1.82, 2.24) is 14.6 Å². The minimum atomic E-state index is -0.733. The van der Waals surface area contributed by atoms with Gasteiger partial charge in [0.05, 0.1) is 12.7 Å². The van der Waals surface area contributed by atoms with E-state index in [2.05, 4.69) is 10.1 Å². The van der Waals surface area contributed by atoms with Gasteiger partial charge in [-0.15, -0.1) is 5.10 Å². The Bertz CT molecular complexity index is 1210. The number of ether oxygens (including phenoxy) is 1. The molecule has 0 bridgehead atoms. The van der Waals surface area contributed by atoms with Crippen molar-refractivity contribution in [2.24, 2.45) is 0 Å². The van der Waals surface area contributed by atoms with E-state index in [0.29, 0.717) is 40.7 Å². The molecule has 0 unspecified atom stereocenters. The highest BCUT2D eigenvalue weighted by molar-refractivity contribution is 5.70. The van der Waals surface area contributed by atoms with Crippen molar-refractivity contribution in [2.45, 2.75) is 25.9 Å². The Hall–Kier alpha value is -3.52. The van der Waals surface area contributed by atoms with Crippen molar-refractivity contribution in [3.63, 3.8) is 0 Å². The maximum absolute atomic E-state index is 15.2. The zero-order chi connectivity index (χ0) is 22.0. The Balaban J connectivity index is 1.45. The summed E-state index contributed by atoms with van der Waals surface area (Å²) in [6.45, 7) is 2.01. The highest BCUT2D eigenvalue weighted by atomic mass is 19.1. The number of aryl methyl sites for hydroxylation is 1. The van der Waals surface area contributed by atoms with Gasteiger partial charge in [-0.05, 0) is 60.7 Å². The van der Waals surface area contributed by atoms with Crippen molar-refractivity contribution < 1.29 is 18.6 Å². The van der Waals surface area contributed by atoms with Gasteiger partial charge in [-0.25, -0.2) is 13.3 Å². The molecule has 160 valence electrons. The fourth-order valence-corrected chi connectivity index (χ4v) is 3.42. The van der Waals surface area contributed by atoms with Gasteiger partial charge < -0.3 is 15.6 Å². The van der Waals surface area contributed by atoms with Crippen molar-refractivity contribution >= 4 is 11.6 Å². The number of aromatic nitrogens is 3. The molecule has 0 aliphatic rings. The standard InChI is InChI=1S/C23H22F2N4O2/c1-14-4-9-18(16-10-11-29-20(13-16)27-23(26)28-29)21(25)22(14)31-12-2-3-19(30)15-5-7-17(24)8-6-15/h4-11,13,19,30H,2-3,12H2,1H3,(H2,26,28)/t19-/m1/s1. The van der Waals surface area contributed by atoms with Crippen LogP contribution in [-0.4, -0.2) is 26.3 Å². The molecule has 0 spiro atoms. The molecule has 2 aromatic heterocycles. The monoisotopic (exact) mass is 424 g/mol. The van der Waals surface area contributed by atoms with Crippen LogP contribution in [0.2, 0.25) is 0 Å². The minimum Gasteiger partial charge on any atom is -0.490 e. The zero-order valence-corrected chi connectivity index (χ0v) is 16.9. The highest BCUT2D eigenvalue weighted by Crippen LogP contribution is 2.32. The first-order chi connectivity index (χ1) is 14.9. The first-order valence-corrected chi connectivity index (χ1v) is 9.90. The summed E-state index contributed by atoms with van der Waals surface area (Å²) in [5.41, 5.74) is 8.46. The van der Waals surface area contributed by atoms with E-state index in [1.54, 1.807) is 49.5 Å². The molecule has 0 aliphatic carbocycles. The number of halogens is 2. The molecule has 6 nitrogen and oxygen atoms in total. The number of fused-ring (bicyclic) bond motifs is 1. The van der Waals surface area contributed by atoms with E-state index in [4.69, 9.17) is 10.5 Å². The minimum absolute atomic E-state index is 0.147. The molecule has 2 aromatic carbocycles. The number of anilines is 1. The summed E-state index contributed by atoms with van der Waals surface area (Å²) in [4.78, 5) is 4.11. The number of aliphatic hydroxyl groups excluding tert-OH is 1. The number of hydrogen-bond acceptors (Lipinski definition) is 5. The molecule has 4 rings (SSSR count). The second-order valence-corrected chi connectivity index (χ2v) is 7.32. The van der Waals surface area contributed by atoms with Crippen molar-refractivity contribution in [2.75, 3.05) is 12.3 Å². The van der Waals surface area contributed by atoms with Gasteiger partial charge in [-0.3, -0.25) is 0 Å². The topological polar surface area (TPSA) is 85.7 Å². The molecule has 31 heavy (non-hydrogen) atoms. The highest BCUT2D eigenvalue weighted by Gasteiger charge is 2.16. The van der Waals surface area contributed by atoms with Crippen molar-refractivity contribution in [3.05, 3.63) is 77.5 Å². The molecular formula is C23H22F2N4O2. The molecule has 0 radical (unpaired) electrons. The smallest absolute Gasteiger partial charge is 0.240 e. The molecular weight excluding hydrogens is 402 g/mol. The lowest BCUT2D eigenvalue weighted by Crippen LogP contribution is -2.05. The molecule has 1 atom stereocenters. The van der Waals surface area contributed by atoms with E-state index in [0.717, 1.165) is 0 Å². The van der Waals surface area contributed by atoms with Crippen LogP contribution in [0.15, 0.2) is 54.7 Å². The summed E-state index contributed by atoms with van der Waals surface area (Å²) < 4.78 is 35.5. The zero-order valence-electron chi connectivity index (χ0n) is 16.9. The van der Waals surface area contributed by atoms with Gasteiger partial charge >= 0.3 is 0 Å². The lowest BCUT2D eigenvalue weighted by molar-refractivity contribution is 0.154. The van der Waals surface area contributed by atoms with E-state index >= 15 is 4.39 Å². The Morgan fingerprint density at radius 1 is 1.13 bits per heavy atom. The summed E-state index contributed by atoms with van der Waals surface area (Å²) in [5, 5.41) is 14.2. The maximum Gasteiger partial charge on any atom is 0.240 e. The Labute approximate surface area is 177 Å². The quantitative estimate of drug-likeness (QED) is 0.428. The van der Waals surface area contributed by atoms with E-state index in [-0.39, 0.29) is 24.1 Å². The van der Waals surface area contributed by atoms with E-state index in [1.165, 1.54) is 16.6 Å². The van der Waals surface area contributed by atoms with Gasteiger partial charge in [0.1, 0.15) is 5.82 Å². The van der Waals surface area contributed by atoms with Crippen LogP contribution in [0.25, 0.3) is 16.8 Å². The average molecular weight is 424 g/mol. The lowest BCUT2D eigenvalue weighted by atomic mass is 10.0. The largest absolute Gasteiger partial charge is 0.490 e. The van der Waals surface area contributed by atoms with Crippen LogP contribution < -0.4 is 10.5 Å². The van der Waals surface area contributed by atoms with Crippen LogP contribution in [0.5, 0.6) is 5.75 Å². The van der Waals surface area contributed by atoms with E-state index in [1.807, 2.05) is 0 Å². The third-order valence-corrected chi connectivity index (χ3v) is 5.08. The molecule has 0 saturated heterocycles. The lowest BCUT2D eigenvalue weighted by Gasteiger charge is -2.15. The summed E-state index contributed by atoms with van der Waals surface area (Å²) >= 11 is 0. The first kappa shape index (κ1) is 20.7. The van der Waals surface area contributed by atoms with Crippen LogP contribution in [0.3, 0.4) is 0 Å². The fraction of sp³-hybridized carbons (Fsp3) is 0.217. The van der Waals surface area contributed by atoms with Gasteiger partial charge in [0.15, 0.2) is 17.2 Å². The van der Waals surface area contributed by atoms with Crippen LogP contribution in [-0.2, 0) is 0 Å². The second kappa shape index (κ2) is 8.69. The fourth-order valence-electron chi connectivity index (χ4n) is 3.42. The number of nitrogens with zero attached hydrogens (tertiary/aromatic N) is 3.